The summed E-state index contributed by atoms with van der Waals surface area (Å²) in [7, 11) is 1.08. The van der Waals surface area contributed by atoms with Gasteiger partial charge in [-0.1, -0.05) is 26.5 Å². The maximum Gasteiger partial charge on any atom is 0.384 e. The molecule has 11 heteroatoms. The number of carbonyl (C=O) groups excluding carboxylic acids is 2. The average Bonchev–Trinajstić information content (AvgIpc) is 3.68. The van der Waals surface area contributed by atoms with Crippen LogP contribution in [0, 0.1) is 13.8 Å². The van der Waals surface area contributed by atoms with Crippen LogP contribution >= 0.6 is 0 Å². The molecule has 4 N–H and O–H groups in total. The van der Waals surface area contributed by atoms with Crippen LogP contribution in [0.5, 0.6) is 0 Å². The van der Waals surface area contributed by atoms with E-state index in [1.165, 1.54) is 0 Å². The van der Waals surface area contributed by atoms with Gasteiger partial charge in [0.2, 0.25) is 0 Å². The topological polar surface area (TPSA) is 167 Å². The second kappa shape index (κ2) is 11.1. The molecule has 0 amide bonds. The second-order valence-corrected chi connectivity index (χ2v) is 12.0. The Morgan fingerprint density at radius 3 is 2.43 bits per heavy atom. The van der Waals surface area contributed by atoms with Crippen molar-refractivity contribution in [3.63, 3.8) is 0 Å². The van der Waals surface area contributed by atoms with Crippen molar-refractivity contribution >= 4 is 57.2 Å². The Kier molecular flexibility index (Phi) is 7.47. The number of H-pyrrole nitrogens is 2. The number of carboxylic acid groups (broad SMARTS) is 1. The largest absolute Gasteiger partial charge is 0.481 e. The van der Waals surface area contributed by atoms with E-state index in [-0.39, 0.29) is 41.3 Å². The Morgan fingerprint density at radius 1 is 1.09 bits per heavy atom. The van der Waals surface area contributed by atoms with Gasteiger partial charge in [0.1, 0.15) is 0 Å². The number of carboxylic acids is 1. The fraction of sp³-hybridized carbons (Fsp3) is 0.343. The number of aromatic nitrogens is 4. The van der Waals surface area contributed by atoms with Crippen LogP contribution in [0.15, 0.2) is 24.8 Å². The van der Waals surface area contributed by atoms with Gasteiger partial charge in [-0.15, -0.1) is 0 Å². The van der Waals surface area contributed by atoms with Gasteiger partial charge in [-0.25, -0.2) is 14.6 Å². The maximum absolute atomic E-state index is 13.5. The summed E-state index contributed by atoms with van der Waals surface area (Å²) in [5.41, 5.74) is 9.04. The molecule has 3 aromatic heterocycles. The number of esters is 2. The van der Waals surface area contributed by atoms with Crippen LogP contribution in [0.25, 0.3) is 39.3 Å². The van der Waals surface area contributed by atoms with Crippen LogP contribution in [0.2, 0.25) is 0 Å². The molecule has 0 saturated heterocycles. The molecule has 238 valence electrons. The summed E-state index contributed by atoms with van der Waals surface area (Å²) < 4.78 is 10.4. The van der Waals surface area contributed by atoms with Crippen molar-refractivity contribution in [2.24, 2.45) is 0 Å². The molecular formula is C35H36N4O7. The number of methoxy groups -OCH3 is 1. The maximum atomic E-state index is 13.5. The predicted molar refractivity (Wildman–Crippen MR) is 172 cm³/mol. The van der Waals surface area contributed by atoms with E-state index in [1.54, 1.807) is 13.0 Å². The van der Waals surface area contributed by atoms with Crippen LogP contribution in [-0.2, 0) is 36.1 Å². The third kappa shape index (κ3) is 4.56. The molecule has 6 rings (SSSR count). The molecule has 0 spiro atoms. The van der Waals surface area contributed by atoms with Crippen LogP contribution in [0.4, 0.5) is 0 Å². The minimum absolute atomic E-state index is 0.0490. The monoisotopic (exact) mass is 624 g/mol. The van der Waals surface area contributed by atoms with Gasteiger partial charge >= 0.3 is 23.7 Å². The quantitative estimate of drug-likeness (QED) is 0.252. The van der Waals surface area contributed by atoms with Gasteiger partial charge in [0, 0.05) is 51.6 Å². The highest BCUT2D eigenvalue weighted by Crippen LogP contribution is 2.49. The Labute approximate surface area is 265 Å². The first-order valence-corrected chi connectivity index (χ1v) is 15.2. The van der Waals surface area contributed by atoms with E-state index >= 15 is 0 Å². The molecule has 0 fully saturated rings. The summed E-state index contributed by atoms with van der Waals surface area (Å²) in [6.07, 6.45) is 2.46. The second-order valence-electron chi connectivity index (χ2n) is 12.0. The van der Waals surface area contributed by atoms with Crippen molar-refractivity contribution in [3.05, 3.63) is 75.4 Å². The Morgan fingerprint density at radius 2 is 1.78 bits per heavy atom. The number of aryl methyl sites for hydroxylation is 3. The molecule has 0 unspecified atom stereocenters. The van der Waals surface area contributed by atoms with Gasteiger partial charge < -0.3 is 29.7 Å². The van der Waals surface area contributed by atoms with E-state index in [0.29, 0.717) is 17.0 Å². The molecule has 46 heavy (non-hydrogen) atoms. The Hall–Kier alpha value is -5.03. The number of aromatic amines is 2. The van der Waals surface area contributed by atoms with Crippen molar-refractivity contribution < 1.29 is 34.1 Å². The zero-order valence-corrected chi connectivity index (χ0v) is 26.6. The van der Waals surface area contributed by atoms with Crippen molar-refractivity contribution in [1.82, 2.24) is 19.9 Å². The lowest BCUT2D eigenvalue weighted by Gasteiger charge is -2.32. The summed E-state index contributed by atoms with van der Waals surface area (Å²) in [6, 6.07) is 5.77. The lowest BCUT2D eigenvalue weighted by Crippen LogP contribution is -2.46. The summed E-state index contributed by atoms with van der Waals surface area (Å²) in [4.78, 5) is 55.3. The molecule has 6 heterocycles. The van der Waals surface area contributed by atoms with Crippen molar-refractivity contribution in [1.29, 1.82) is 0 Å². The highest BCUT2D eigenvalue weighted by molar-refractivity contribution is 6.27. The third-order valence-electron chi connectivity index (χ3n) is 9.55. The molecule has 3 aliphatic heterocycles. The number of hydrogen-bond acceptors (Lipinski definition) is 8. The van der Waals surface area contributed by atoms with E-state index < -0.39 is 29.6 Å². The molecule has 11 nitrogen and oxygen atoms in total. The van der Waals surface area contributed by atoms with Crippen molar-refractivity contribution in [3.8, 4) is 0 Å². The zero-order valence-electron chi connectivity index (χ0n) is 26.6. The molecular weight excluding hydrogens is 588 g/mol. The number of nitrogens with zero attached hydrogens (tertiary/aromatic N) is 2. The number of carbonyl (C=O) groups is 3. The van der Waals surface area contributed by atoms with Crippen LogP contribution in [0.3, 0.4) is 0 Å². The number of cyclic esters (lactones) is 1. The smallest absolute Gasteiger partial charge is 0.384 e. The van der Waals surface area contributed by atoms with Crippen LogP contribution in [0.1, 0.15) is 96.0 Å². The van der Waals surface area contributed by atoms with E-state index in [1.807, 2.05) is 39.0 Å². The third-order valence-corrected chi connectivity index (χ3v) is 9.55. The van der Waals surface area contributed by atoms with E-state index in [2.05, 4.69) is 23.5 Å². The average molecular weight is 625 g/mol. The number of rotatable bonds is 6. The lowest BCUT2D eigenvalue weighted by molar-refractivity contribution is -0.228. The van der Waals surface area contributed by atoms with Gasteiger partial charge in [-0.3, -0.25) is 9.78 Å². The minimum Gasteiger partial charge on any atom is -0.481 e. The highest BCUT2D eigenvalue weighted by atomic mass is 16.7. The fourth-order valence-corrected chi connectivity index (χ4v) is 6.95. The number of fused-ring (bicyclic) bond motifs is 8. The first-order valence-electron chi connectivity index (χ1n) is 15.2. The van der Waals surface area contributed by atoms with Gasteiger partial charge in [0.15, 0.2) is 0 Å². The first kappa shape index (κ1) is 31.0. The summed E-state index contributed by atoms with van der Waals surface area (Å²) in [5, 5.41) is 21.5. The summed E-state index contributed by atoms with van der Waals surface area (Å²) in [5.74, 6) is -6.94. The van der Waals surface area contributed by atoms with Gasteiger partial charge in [0.05, 0.1) is 35.3 Å². The number of aliphatic hydroxyl groups is 1. The van der Waals surface area contributed by atoms with Gasteiger partial charge in [-0.2, -0.15) is 0 Å². The minimum atomic E-state index is -2.87. The Balaban J connectivity index is 1.87. The van der Waals surface area contributed by atoms with Crippen molar-refractivity contribution in [2.75, 3.05) is 7.11 Å². The number of nitrogens with one attached hydrogen (secondary N) is 2. The summed E-state index contributed by atoms with van der Waals surface area (Å²) in [6.45, 7) is 13.8. The lowest BCUT2D eigenvalue weighted by atomic mass is 9.82. The molecule has 8 bridgehead atoms. The number of ether oxygens (including phenoxy) is 2. The summed E-state index contributed by atoms with van der Waals surface area (Å²) >= 11 is 0. The number of allylic oxidation sites excluding steroid dienone is 1. The zero-order chi connectivity index (χ0) is 33.2. The standard InChI is InChI=1S/C35H36N4O7/c1-8-19-15(3)22-12-24-17(5)21(10-11-28(40)41)31(38-24)30-32-29(33(42)46-35(30,44)34(43)45-7)18(6)25(39-32)14-27-20(9-2)16(4)23(37-27)13-26(19)36-22/h8,12-14,17,21,36-37,44H,1,9-11H2,2-7H3,(H,40,41)/t17-,21-,35+/m0/s1. The highest BCUT2D eigenvalue weighted by Gasteiger charge is 2.55. The van der Waals surface area contributed by atoms with Gasteiger partial charge in [0.25, 0.3) is 0 Å². The fourth-order valence-electron chi connectivity index (χ4n) is 6.95. The molecule has 0 aliphatic carbocycles. The number of hydrogen-bond donors (Lipinski definition) is 4. The SMILES string of the molecule is C=Cc1c(C)c2cc3nc(c4c5nc(cc6[nH]c(cc1[nH]2)c(C)c6CC)C(C)=C5C(=O)O[C@@]4(O)C(=O)OC)[C@@H](CCC(=O)O)[C@@H]3C. The molecule has 3 atom stereocenters. The Bertz CT molecular complexity index is 2070. The van der Waals surface area contributed by atoms with E-state index in [0.717, 1.165) is 57.9 Å². The van der Waals surface area contributed by atoms with E-state index in [9.17, 15) is 24.6 Å². The van der Waals surface area contributed by atoms with Gasteiger partial charge in [-0.05, 0) is 74.1 Å². The number of aliphatic carboxylic acids is 1. The van der Waals surface area contributed by atoms with Crippen molar-refractivity contribution in [2.45, 2.75) is 71.5 Å². The molecule has 0 radical (unpaired) electrons. The molecule has 0 aromatic carbocycles. The van der Waals surface area contributed by atoms with Crippen LogP contribution < -0.4 is 0 Å². The molecule has 0 saturated carbocycles. The predicted octanol–water partition coefficient (Wildman–Crippen LogP) is 5.69. The van der Waals surface area contributed by atoms with E-state index in [4.69, 9.17) is 19.4 Å². The normalized spacial score (nSPS) is 20.5. The molecule has 3 aromatic rings. The van der Waals surface area contributed by atoms with Crippen LogP contribution in [-0.4, -0.2) is 55.2 Å². The first-order chi connectivity index (χ1) is 21.8. The molecule has 3 aliphatic rings.